The first-order valence-electron chi connectivity index (χ1n) is 3.80. The lowest BCUT2D eigenvalue weighted by Gasteiger charge is -2.00. The third kappa shape index (κ3) is 1.87. The molecular weight excluding hydrogens is 226 g/mol. The number of hydrogen-bond donors (Lipinski definition) is 3. The third-order valence-electron chi connectivity index (χ3n) is 1.81. The Hall–Kier alpha value is -1.38. The van der Waals surface area contributed by atoms with E-state index >= 15 is 0 Å². The number of aryl methyl sites for hydroxylation is 2. The molecule has 0 spiro atoms. The Labute approximate surface area is 85.3 Å². The maximum absolute atomic E-state index is 11.3. The largest absolute Gasteiger partial charge is 0.478 e. The Morgan fingerprint density at radius 1 is 1.33 bits per heavy atom. The van der Waals surface area contributed by atoms with Crippen LogP contribution in [-0.4, -0.2) is 24.7 Å². The average Bonchev–Trinajstić information content (AvgIpc) is 2.41. The van der Waals surface area contributed by atoms with E-state index in [-0.39, 0.29) is 11.5 Å². The predicted molar refractivity (Wildman–Crippen MR) is 47.2 cm³/mol. The van der Waals surface area contributed by atoms with Crippen molar-refractivity contribution in [3.8, 4) is 0 Å². The zero-order valence-corrected chi connectivity index (χ0v) is 8.75. The molecule has 1 heterocycles. The summed E-state index contributed by atoms with van der Waals surface area (Å²) in [5.74, 6) is -1.56. The molecule has 15 heavy (non-hydrogen) atoms. The molecular formula is C7H9NO6S. The van der Waals surface area contributed by atoms with E-state index in [1.807, 2.05) is 0 Å². The molecule has 1 rings (SSSR count). The van der Waals surface area contributed by atoms with Crippen LogP contribution in [0.25, 0.3) is 0 Å². The minimum absolute atomic E-state index is 0.0335. The molecule has 7 nitrogen and oxygen atoms in total. The molecule has 0 amide bonds. The van der Waals surface area contributed by atoms with Crippen LogP contribution in [0.4, 0.5) is 0 Å². The lowest BCUT2D eigenvalue weighted by molar-refractivity contribution is 0.0691. The van der Waals surface area contributed by atoms with E-state index in [2.05, 4.69) is 0 Å². The van der Waals surface area contributed by atoms with Crippen LogP contribution >= 0.6 is 0 Å². The molecule has 0 bridgehead atoms. The fourth-order valence-electron chi connectivity index (χ4n) is 1.28. The van der Waals surface area contributed by atoms with Gasteiger partial charge < -0.3 is 14.7 Å². The number of carboxylic acid groups (broad SMARTS) is 1. The number of furan rings is 1. The topological polar surface area (TPSA) is 117 Å². The van der Waals surface area contributed by atoms with Crippen molar-refractivity contribution in [2.75, 3.05) is 0 Å². The second kappa shape index (κ2) is 3.65. The van der Waals surface area contributed by atoms with E-state index < -0.39 is 26.5 Å². The zero-order valence-electron chi connectivity index (χ0n) is 7.94. The zero-order chi connectivity index (χ0) is 11.8. The molecule has 0 unspecified atom stereocenters. The van der Waals surface area contributed by atoms with E-state index in [0.717, 1.165) is 4.89 Å². The highest BCUT2D eigenvalue weighted by atomic mass is 32.2. The van der Waals surface area contributed by atoms with Gasteiger partial charge in [0.1, 0.15) is 22.0 Å². The fraction of sp³-hybridized carbons (Fsp3) is 0.286. The molecule has 0 fully saturated rings. The minimum Gasteiger partial charge on any atom is -0.478 e. The summed E-state index contributed by atoms with van der Waals surface area (Å²) in [6.07, 6.45) is 0. The Morgan fingerprint density at radius 2 is 1.87 bits per heavy atom. The van der Waals surface area contributed by atoms with Gasteiger partial charge in [-0.15, -0.1) is 0 Å². The van der Waals surface area contributed by atoms with Gasteiger partial charge in [0, 0.05) is 0 Å². The molecule has 0 aromatic carbocycles. The van der Waals surface area contributed by atoms with Crippen molar-refractivity contribution in [2.24, 2.45) is 0 Å². The van der Waals surface area contributed by atoms with Crippen molar-refractivity contribution >= 4 is 16.0 Å². The maximum Gasteiger partial charge on any atom is 0.340 e. The highest BCUT2D eigenvalue weighted by Gasteiger charge is 2.30. The van der Waals surface area contributed by atoms with Crippen LogP contribution in [0.1, 0.15) is 21.9 Å². The van der Waals surface area contributed by atoms with Crippen molar-refractivity contribution in [3.63, 3.8) is 0 Å². The summed E-state index contributed by atoms with van der Waals surface area (Å²) >= 11 is 0. The van der Waals surface area contributed by atoms with E-state index in [4.69, 9.17) is 14.7 Å². The van der Waals surface area contributed by atoms with E-state index in [1.54, 1.807) is 0 Å². The quantitative estimate of drug-likeness (QED) is 0.647. The van der Waals surface area contributed by atoms with Gasteiger partial charge in [-0.05, 0) is 13.8 Å². The molecule has 8 heteroatoms. The monoisotopic (exact) mass is 235 g/mol. The normalized spacial score (nSPS) is 11.7. The summed E-state index contributed by atoms with van der Waals surface area (Å²) in [4.78, 5) is 11.3. The summed E-state index contributed by atoms with van der Waals surface area (Å²) in [5, 5.41) is 17.2. The first-order valence-corrected chi connectivity index (χ1v) is 5.28. The van der Waals surface area contributed by atoms with Crippen molar-refractivity contribution < 1.29 is 27.9 Å². The number of hydrogen-bond acceptors (Lipinski definition) is 5. The smallest absolute Gasteiger partial charge is 0.340 e. The van der Waals surface area contributed by atoms with Crippen LogP contribution in [-0.2, 0) is 10.0 Å². The van der Waals surface area contributed by atoms with Crippen molar-refractivity contribution in [2.45, 2.75) is 18.7 Å². The predicted octanol–water partition coefficient (Wildman–Crippen LogP) is 0.262. The summed E-state index contributed by atoms with van der Waals surface area (Å²) in [7, 11) is -4.25. The average molecular weight is 235 g/mol. The van der Waals surface area contributed by atoms with Crippen molar-refractivity contribution in [3.05, 3.63) is 17.1 Å². The summed E-state index contributed by atoms with van der Waals surface area (Å²) in [6, 6.07) is 0. The fourth-order valence-corrected chi connectivity index (χ4v) is 2.29. The van der Waals surface area contributed by atoms with Gasteiger partial charge in [-0.25, -0.2) is 13.2 Å². The molecule has 1 aromatic rings. The molecule has 84 valence electrons. The van der Waals surface area contributed by atoms with E-state index in [1.165, 1.54) is 13.8 Å². The van der Waals surface area contributed by atoms with Gasteiger partial charge in [0.25, 0.3) is 10.0 Å². The van der Waals surface area contributed by atoms with E-state index in [0.29, 0.717) is 0 Å². The van der Waals surface area contributed by atoms with Gasteiger partial charge in [-0.3, -0.25) is 0 Å². The number of nitrogens with one attached hydrogen (secondary N) is 1. The number of aromatic carboxylic acids is 1. The van der Waals surface area contributed by atoms with Gasteiger partial charge in [0.15, 0.2) is 0 Å². The molecule has 0 atom stereocenters. The molecule has 0 radical (unpaired) electrons. The van der Waals surface area contributed by atoms with Gasteiger partial charge >= 0.3 is 5.97 Å². The minimum atomic E-state index is -4.25. The van der Waals surface area contributed by atoms with Crippen LogP contribution in [0.2, 0.25) is 0 Å². The van der Waals surface area contributed by atoms with E-state index in [9.17, 15) is 13.2 Å². The Kier molecular flexibility index (Phi) is 2.84. The van der Waals surface area contributed by atoms with Crippen molar-refractivity contribution in [1.29, 1.82) is 0 Å². The van der Waals surface area contributed by atoms with Crippen molar-refractivity contribution in [1.82, 2.24) is 4.89 Å². The van der Waals surface area contributed by atoms with Gasteiger partial charge in [0.2, 0.25) is 0 Å². The van der Waals surface area contributed by atoms with Crippen LogP contribution in [0.15, 0.2) is 9.31 Å². The van der Waals surface area contributed by atoms with Gasteiger partial charge in [-0.2, -0.15) is 0 Å². The van der Waals surface area contributed by atoms with Gasteiger partial charge in [-0.1, -0.05) is 4.89 Å². The molecule has 0 aliphatic heterocycles. The molecule has 0 saturated carbocycles. The first-order chi connectivity index (χ1) is 6.81. The lowest BCUT2D eigenvalue weighted by atomic mass is 10.2. The molecule has 0 aliphatic rings. The first kappa shape index (κ1) is 11.7. The number of carboxylic acids is 1. The number of rotatable bonds is 3. The standard InChI is InChI=1S/C7H9NO6S/c1-3-5(7(9)10)6(4(2)14-3)15(12,13)8-11/h8,11H,1-2H3,(H,9,10). The maximum atomic E-state index is 11.3. The molecule has 1 aromatic heterocycles. The highest BCUT2D eigenvalue weighted by Crippen LogP contribution is 2.25. The SMILES string of the molecule is Cc1oc(C)c(S(=O)(=O)NO)c1C(=O)O. The molecule has 3 N–H and O–H groups in total. The van der Waals surface area contributed by atoms with Crippen LogP contribution in [0.5, 0.6) is 0 Å². The van der Waals surface area contributed by atoms with Crippen LogP contribution in [0.3, 0.4) is 0 Å². The Balaban J connectivity index is 3.61. The van der Waals surface area contributed by atoms with Gasteiger partial charge in [0.05, 0.1) is 0 Å². The second-order valence-electron chi connectivity index (χ2n) is 2.82. The molecule has 0 aliphatic carbocycles. The van der Waals surface area contributed by atoms with Crippen LogP contribution < -0.4 is 4.89 Å². The summed E-state index contributed by atoms with van der Waals surface area (Å²) < 4.78 is 27.4. The summed E-state index contributed by atoms with van der Waals surface area (Å²) in [6.45, 7) is 2.62. The Bertz CT molecular complexity index is 500. The molecule has 0 saturated heterocycles. The highest BCUT2D eigenvalue weighted by molar-refractivity contribution is 7.89. The summed E-state index contributed by atoms with van der Waals surface area (Å²) in [5.41, 5.74) is -0.478. The second-order valence-corrected chi connectivity index (χ2v) is 4.42. The number of carbonyl (C=O) groups is 1. The lowest BCUT2D eigenvalue weighted by Crippen LogP contribution is -2.22. The number of sulfonamides is 1. The Morgan fingerprint density at radius 3 is 2.27 bits per heavy atom. The third-order valence-corrected chi connectivity index (χ3v) is 3.08. The van der Waals surface area contributed by atoms with Crippen LogP contribution in [0, 0.1) is 13.8 Å².